The summed E-state index contributed by atoms with van der Waals surface area (Å²) in [6.45, 7) is 0. The Morgan fingerprint density at radius 1 is 0.357 bits per heavy atom. The number of hydrogen-bond donors (Lipinski definition) is 0. The van der Waals surface area contributed by atoms with Gasteiger partial charge in [0.1, 0.15) is 0 Å². The summed E-state index contributed by atoms with van der Waals surface area (Å²) in [5.74, 6) is 12.3. The Balaban J connectivity index is 1.29. The van der Waals surface area contributed by atoms with E-state index in [1.807, 2.05) is 0 Å². The van der Waals surface area contributed by atoms with Crippen molar-refractivity contribution < 1.29 is 0 Å². The summed E-state index contributed by atoms with van der Waals surface area (Å²) in [4.78, 5) is 0. The molecule has 0 bridgehead atoms. The average Bonchev–Trinajstić information content (AvgIpc) is 2.70. The van der Waals surface area contributed by atoms with E-state index in [2.05, 4.69) is 0 Å². The lowest BCUT2D eigenvalue weighted by atomic mass is 8.94. The molecular formula is C28H38. The van der Waals surface area contributed by atoms with Gasteiger partial charge in [-0.05, 0) is 145 Å². The highest BCUT2D eigenvalue weighted by atomic mass is 15.1. The van der Waals surface area contributed by atoms with E-state index in [1.54, 1.807) is 89.9 Å². The van der Waals surface area contributed by atoms with Crippen LogP contribution in [0.15, 0.2) is 0 Å². The van der Waals surface area contributed by atoms with Crippen molar-refractivity contribution in [2.24, 2.45) is 80.8 Å². The first kappa shape index (κ1) is 14.9. The first-order valence-electron chi connectivity index (χ1n) is 13.9. The van der Waals surface area contributed by atoms with E-state index in [0.29, 0.717) is 0 Å². The van der Waals surface area contributed by atoms with Crippen LogP contribution in [0.3, 0.4) is 0 Å². The lowest BCUT2D eigenvalue weighted by Gasteiger charge is -3.09. The van der Waals surface area contributed by atoms with Crippen molar-refractivity contribution >= 4 is 0 Å². The largest absolute Gasteiger partial charge is 0.0527 e. The van der Waals surface area contributed by atoms with Gasteiger partial charge in [0.15, 0.2) is 0 Å². The van der Waals surface area contributed by atoms with Gasteiger partial charge in [0.05, 0.1) is 0 Å². The summed E-state index contributed by atoms with van der Waals surface area (Å²) < 4.78 is 0. The molecule has 150 valence electrons. The molecule has 0 aromatic rings. The van der Waals surface area contributed by atoms with Gasteiger partial charge in [-0.25, -0.2) is 0 Å². The molecule has 10 aliphatic rings. The minimum absolute atomic E-state index is 0.941. The summed E-state index contributed by atoms with van der Waals surface area (Å²) in [7, 11) is 0. The molecule has 0 saturated heterocycles. The molecule has 10 rings (SSSR count). The third-order valence-electron chi connectivity index (χ3n) is 15.4. The summed E-state index contributed by atoms with van der Waals surface area (Å²) in [6, 6.07) is 0. The maximum absolute atomic E-state index is 1.73. The highest BCUT2D eigenvalue weighted by Crippen LogP contribution is 3.10. The zero-order valence-corrected chi connectivity index (χ0v) is 17.7. The Morgan fingerprint density at radius 2 is 0.643 bits per heavy atom. The zero-order chi connectivity index (χ0) is 17.7. The molecule has 0 heteroatoms. The smallest absolute Gasteiger partial charge is 0.0136 e. The monoisotopic (exact) mass is 374 g/mol. The standard InChI is InChI=1S/C28H38/c1-5-15-13-16-6-3-11-21-22-12-4-8-18-14-17-7-2-10-20-19(9-1)25(15)23-24(26(17,20)25)28(18,22)27(16,21)23/h15-24H,1-14H2. The van der Waals surface area contributed by atoms with Crippen LogP contribution < -0.4 is 0 Å². The number of fused-ring (bicyclic) bond motifs is 2. The molecule has 28 heavy (non-hydrogen) atoms. The summed E-state index contributed by atoms with van der Waals surface area (Å²) in [5, 5.41) is 0. The van der Waals surface area contributed by atoms with E-state index < -0.39 is 0 Å². The molecule has 0 nitrogen and oxygen atoms in total. The fraction of sp³-hybridized carbons (Fsp3) is 1.00. The Bertz CT molecular complexity index is 696. The molecule has 0 radical (unpaired) electrons. The molecule has 0 heterocycles. The molecule has 0 aromatic heterocycles. The predicted octanol–water partition coefficient (Wildman–Crippen LogP) is 6.69. The minimum atomic E-state index is 0.941. The van der Waals surface area contributed by atoms with Crippen LogP contribution in [0.1, 0.15) is 89.9 Å². The van der Waals surface area contributed by atoms with E-state index in [0.717, 1.165) is 21.7 Å². The molecule has 10 aliphatic carbocycles. The first-order valence-corrected chi connectivity index (χ1v) is 13.9. The average molecular weight is 375 g/mol. The van der Waals surface area contributed by atoms with Gasteiger partial charge in [0.25, 0.3) is 0 Å². The van der Waals surface area contributed by atoms with Crippen LogP contribution in [0.2, 0.25) is 0 Å². The molecular weight excluding hydrogens is 336 g/mol. The minimum Gasteiger partial charge on any atom is -0.0527 e. The number of rotatable bonds is 0. The Labute approximate surface area is 171 Å². The number of hydrogen-bond acceptors (Lipinski definition) is 0. The fourth-order valence-corrected chi connectivity index (χ4v) is 16.8. The van der Waals surface area contributed by atoms with E-state index in [4.69, 9.17) is 0 Å². The zero-order valence-electron chi connectivity index (χ0n) is 17.7. The van der Waals surface area contributed by atoms with Crippen LogP contribution in [-0.2, 0) is 0 Å². The molecule has 12 unspecified atom stereocenters. The Kier molecular flexibility index (Phi) is 2.10. The quantitative estimate of drug-likeness (QED) is 0.443. The third kappa shape index (κ3) is 0.905. The Morgan fingerprint density at radius 3 is 0.929 bits per heavy atom. The van der Waals surface area contributed by atoms with Gasteiger partial charge in [-0.3, -0.25) is 0 Å². The highest BCUT2D eigenvalue weighted by molar-refractivity contribution is 5.52. The topological polar surface area (TPSA) is 0 Å². The van der Waals surface area contributed by atoms with Crippen molar-refractivity contribution in [2.75, 3.05) is 0 Å². The normalized spacial score (nSPS) is 78.0. The second-order valence-corrected chi connectivity index (χ2v) is 14.1. The van der Waals surface area contributed by atoms with Crippen LogP contribution >= 0.6 is 0 Å². The molecule has 4 spiro atoms. The van der Waals surface area contributed by atoms with Crippen molar-refractivity contribution in [1.29, 1.82) is 0 Å². The molecule has 0 N–H and O–H groups in total. The van der Waals surface area contributed by atoms with Gasteiger partial charge >= 0.3 is 0 Å². The van der Waals surface area contributed by atoms with Crippen LogP contribution in [0.5, 0.6) is 0 Å². The summed E-state index contributed by atoms with van der Waals surface area (Å²) in [5.41, 5.74) is 3.76. The lowest BCUT2D eigenvalue weighted by Crippen LogP contribution is -3.06. The fourth-order valence-electron chi connectivity index (χ4n) is 16.8. The SMILES string of the molecule is C1CC2CC3CCCC4C5CCCC6CC7CCCC8C(C1)C21C2C(C781)C65C342. The highest BCUT2D eigenvalue weighted by Gasteiger charge is 3.06. The molecule has 0 aromatic carbocycles. The van der Waals surface area contributed by atoms with E-state index >= 15 is 0 Å². The molecule has 12 atom stereocenters. The van der Waals surface area contributed by atoms with Crippen LogP contribution in [0.25, 0.3) is 0 Å². The maximum Gasteiger partial charge on any atom is -0.0136 e. The van der Waals surface area contributed by atoms with Gasteiger partial charge < -0.3 is 0 Å². The van der Waals surface area contributed by atoms with Crippen molar-refractivity contribution in [2.45, 2.75) is 89.9 Å². The van der Waals surface area contributed by atoms with Gasteiger partial charge in [0.2, 0.25) is 0 Å². The summed E-state index contributed by atoms with van der Waals surface area (Å²) in [6.07, 6.45) is 23.3. The van der Waals surface area contributed by atoms with Crippen LogP contribution in [-0.4, -0.2) is 0 Å². The lowest BCUT2D eigenvalue weighted by molar-refractivity contribution is -0.629. The van der Waals surface area contributed by atoms with Crippen LogP contribution in [0, 0.1) is 80.8 Å². The first-order chi connectivity index (χ1) is 13.9. The van der Waals surface area contributed by atoms with E-state index in [9.17, 15) is 0 Å². The van der Waals surface area contributed by atoms with Crippen molar-refractivity contribution in [1.82, 2.24) is 0 Å². The third-order valence-corrected chi connectivity index (χ3v) is 15.4. The van der Waals surface area contributed by atoms with E-state index in [1.165, 1.54) is 59.2 Å². The van der Waals surface area contributed by atoms with E-state index in [-0.39, 0.29) is 0 Å². The van der Waals surface area contributed by atoms with Gasteiger partial charge in [-0.1, -0.05) is 25.7 Å². The molecule has 10 saturated carbocycles. The second kappa shape index (κ2) is 3.95. The molecule has 0 amide bonds. The van der Waals surface area contributed by atoms with Crippen LogP contribution in [0.4, 0.5) is 0 Å². The van der Waals surface area contributed by atoms with Crippen molar-refractivity contribution in [3.05, 3.63) is 0 Å². The predicted molar refractivity (Wildman–Crippen MR) is 109 cm³/mol. The Hall–Kier alpha value is 0. The molecule has 10 fully saturated rings. The van der Waals surface area contributed by atoms with Gasteiger partial charge in [0, 0.05) is 0 Å². The summed E-state index contributed by atoms with van der Waals surface area (Å²) >= 11 is 0. The molecule has 0 aliphatic heterocycles. The van der Waals surface area contributed by atoms with Gasteiger partial charge in [-0.2, -0.15) is 0 Å². The van der Waals surface area contributed by atoms with Gasteiger partial charge in [-0.15, -0.1) is 0 Å². The second-order valence-electron chi connectivity index (χ2n) is 14.1. The maximum atomic E-state index is 1.73. The van der Waals surface area contributed by atoms with Crippen molar-refractivity contribution in [3.8, 4) is 0 Å². The van der Waals surface area contributed by atoms with Crippen molar-refractivity contribution in [3.63, 3.8) is 0 Å².